The first-order valence-electron chi connectivity index (χ1n) is 6.71. The van der Waals surface area contributed by atoms with Crippen LogP contribution in [0, 0.1) is 0 Å². The van der Waals surface area contributed by atoms with E-state index < -0.39 is 9.84 Å². The van der Waals surface area contributed by atoms with Crippen molar-refractivity contribution in [2.75, 3.05) is 6.61 Å². The molecular weight excluding hydrogens is 302 g/mol. The van der Waals surface area contributed by atoms with E-state index in [-0.39, 0.29) is 17.3 Å². The summed E-state index contributed by atoms with van der Waals surface area (Å²) in [5.41, 5.74) is 7.62. The van der Waals surface area contributed by atoms with Crippen LogP contribution < -0.4 is 10.5 Å². The highest BCUT2D eigenvalue weighted by atomic mass is 32.2. The number of aromatic hydroxyl groups is 1. The van der Waals surface area contributed by atoms with Crippen molar-refractivity contribution in [2.24, 2.45) is 5.73 Å². The van der Waals surface area contributed by atoms with Crippen LogP contribution in [0.25, 0.3) is 5.57 Å². The lowest BCUT2D eigenvalue weighted by Gasteiger charge is -2.10. The van der Waals surface area contributed by atoms with Crippen LogP contribution in [-0.4, -0.2) is 20.1 Å². The second kappa shape index (κ2) is 5.47. The van der Waals surface area contributed by atoms with Gasteiger partial charge < -0.3 is 15.6 Å². The number of benzene rings is 2. The Kier molecular flexibility index (Phi) is 3.64. The topological polar surface area (TPSA) is 89.6 Å². The van der Waals surface area contributed by atoms with Crippen LogP contribution in [-0.2, 0) is 16.4 Å². The molecule has 1 aliphatic heterocycles. The summed E-state index contributed by atoms with van der Waals surface area (Å²) in [6.45, 7) is 0.388. The Hall–Kier alpha value is -2.31. The largest absolute Gasteiger partial charge is 0.504 e. The quantitative estimate of drug-likeness (QED) is 0.901. The maximum Gasteiger partial charge on any atom is 0.200 e. The first-order chi connectivity index (χ1) is 10.5. The molecule has 5 nitrogen and oxygen atoms in total. The van der Waals surface area contributed by atoms with Gasteiger partial charge in [-0.05, 0) is 29.8 Å². The van der Waals surface area contributed by atoms with Crippen LogP contribution in [0.3, 0.4) is 0 Å². The Morgan fingerprint density at radius 1 is 1.14 bits per heavy atom. The summed E-state index contributed by atoms with van der Waals surface area (Å²) >= 11 is 0. The predicted octanol–water partition coefficient (Wildman–Crippen LogP) is 2.06. The Bertz CT molecular complexity index is 856. The monoisotopic (exact) mass is 317 g/mol. The van der Waals surface area contributed by atoms with Crippen molar-refractivity contribution in [3.8, 4) is 11.5 Å². The molecule has 0 aliphatic carbocycles. The summed E-state index contributed by atoms with van der Waals surface area (Å²) in [5, 5.41) is 10.9. The van der Waals surface area contributed by atoms with Gasteiger partial charge in [-0.2, -0.15) is 0 Å². The second-order valence-electron chi connectivity index (χ2n) is 4.98. The van der Waals surface area contributed by atoms with Crippen LogP contribution in [0.15, 0.2) is 52.8 Å². The Balaban J connectivity index is 1.91. The minimum absolute atomic E-state index is 0.0138. The first kappa shape index (κ1) is 14.6. The summed E-state index contributed by atoms with van der Waals surface area (Å²) in [5.74, 6) is 0.323. The third-order valence-corrected chi connectivity index (χ3v) is 5.04. The molecular formula is C16H15NO4S. The molecule has 114 valence electrons. The number of hydrogen-bond donors (Lipinski definition) is 2. The van der Waals surface area contributed by atoms with E-state index in [0.717, 1.165) is 5.56 Å². The molecule has 0 fully saturated rings. The van der Waals surface area contributed by atoms with Crippen LogP contribution >= 0.6 is 0 Å². The minimum atomic E-state index is -3.44. The number of rotatable bonds is 4. The normalized spacial score (nSPS) is 15.2. The molecule has 3 N–H and O–H groups in total. The highest BCUT2D eigenvalue weighted by Gasteiger charge is 2.27. The van der Waals surface area contributed by atoms with Crippen molar-refractivity contribution < 1.29 is 18.3 Å². The van der Waals surface area contributed by atoms with Crippen molar-refractivity contribution in [3.63, 3.8) is 0 Å². The molecule has 0 aromatic heterocycles. The summed E-state index contributed by atoms with van der Waals surface area (Å²) in [4.78, 5) is 0.264. The second-order valence-corrected chi connectivity index (χ2v) is 6.74. The van der Waals surface area contributed by atoms with Crippen LogP contribution in [0.5, 0.6) is 11.5 Å². The molecule has 2 aromatic rings. The molecule has 0 saturated heterocycles. The van der Waals surface area contributed by atoms with E-state index in [2.05, 4.69) is 0 Å². The number of fused-ring (bicyclic) bond motifs is 1. The fourth-order valence-electron chi connectivity index (χ4n) is 2.36. The lowest BCUT2D eigenvalue weighted by Crippen LogP contribution is -2.02. The number of ether oxygens (including phenoxy) is 1. The van der Waals surface area contributed by atoms with E-state index in [4.69, 9.17) is 10.5 Å². The van der Waals surface area contributed by atoms with Gasteiger partial charge in [-0.25, -0.2) is 8.42 Å². The highest BCUT2D eigenvalue weighted by molar-refractivity contribution is 7.95. The van der Waals surface area contributed by atoms with Crippen LogP contribution in [0.4, 0.5) is 0 Å². The summed E-state index contributed by atoms with van der Waals surface area (Å²) in [7, 11) is -3.44. The summed E-state index contributed by atoms with van der Waals surface area (Å²) < 4.78 is 29.8. The van der Waals surface area contributed by atoms with E-state index in [1.165, 1.54) is 11.5 Å². The lowest BCUT2D eigenvalue weighted by atomic mass is 10.1. The molecule has 1 aliphatic rings. The highest BCUT2D eigenvalue weighted by Crippen LogP contribution is 2.35. The van der Waals surface area contributed by atoms with Gasteiger partial charge in [0.1, 0.15) is 6.61 Å². The van der Waals surface area contributed by atoms with E-state index >= 15 is 0 Å². The SMILES string of the molecule is NCc1ccc2c(c1)C(COc1ccccc1O)=CS2(=O)=O. The number of phenols is 1. The molecule has 0 spiro atoms. The number of phenolic OH excluding ortho intramolecular Hbond substituents is 1. The number of nitrogens with two attached hydrogens (primary N) is 1. The fraction of sp³-hybridized carbons (Fsp3) is 0.125. The number of sulfone groups is 1. The van der Waals surface area contributed by atoms with E-state index in [0.29, 0.717) is 23.4 Å². The summed E-state index contributed by atoms with van der Waals surface area (Å²) in [6, 6.07) is 11.6. The van der Waals surface area contributed by atoms with Gasteiger partial charge in [-0.15, -0.1) is 0 Å². The maximum absolute atomic E-state index is 12.1. The smallest absolute Gasteiger partial charge is 0.200 e. The minimum Gasteiger partial charge on any atom is -0.504 e. The van der Waals surface area contributed by atoms with Crippen molar-refractivity contribution in [1.29, 1.82) is 0 Å². The van der Waals surface area contributed by atoms with Gasteiger partial charge in [0, 0.05) is 23.1 Å². The molecule has 0 bridgehead atoms. The summed E-state index contributed by atoms with van der Waals surface area (Å²) in [6.07, 6.45) is 0. The van der Waals surface area contributed by atoms with Gasteiger partial charge in [-0.1, -0.05) is 18.2 Å². The Labute approximate surface area is 128 Å². The molecule has 0 amide bonds. The van der Waals surface area contributed by atoms with Crippen molar-refractivity contribution in [2.45, 2.75) is 11.4 Å². The van der Waals surface area contributed by atoms with Gasteiger partial charge in [0.25, 0.3) is 0 Å². The zero-order valence-corrected chi connectivity index (χ0v) is 12.5. The van der Waals surface area contributed by atoms with Gasteiger partial charge in [-0.3, -0.25) is 0 Å². The maximum atomic E-state index is 12.1. The zero-order chi connectivity index (χ0) is 15.7. The molecule has 0 saturated carbocycles. The van der Waals surface area contributed by atoms with E-state index in [9.17, 15) is 13.5 Å². The standard InChI is InChI=1S/C16H15NO4S/c17-8-11-5-6-16-13(7-11)12(10-22(16,19)20)9-21-15-4-2-1-3-14(15)18/h1-7,10,18H,8-9,17H2. The Morgan fingerprint density at radius 2 is 1.91 bits per heavy atom. The lowest BCUT2D eigenvalue weighted by molar-refractivity contribution is 0.341. The average Bonchev–Trinajstić information content (AvgIpc) is 2.77. The van der Waals surface area contributed by atoms with Gasteiger partial charge in [0.2, 0.25) is 9.84 Å². The van der Waals surface area contributed by atoms with Gasteiger partial charge in [0.15, 0.2) is 11.5 Å². The van der Waals surface area contributed by atoms with Crippen LogP contribution in [0.2, 0.25) is 0 Å². The Morgan fingerprint density at radius 3 is 2.64 bits per heavy atom. The third kappa shape index (κ3) is 2.58. The van der Waals surface area contributed by atoms with Crippen molar-refractivity contribution in [1.82, 2.24) is 0 Å². The van der Waals surface area contributed by atoms with Gasteiger partial charge >= 0.3 is 0 Å². The molecule has 0 unspecified atom stereocenters. The van der Waals surface area contributed by atoms with Crippen molar-refractivity contribution in [3.05, 3.63) is 59.0 Å². The first-order valence-corrected chi connectivity index (χ1v) is 8.26. The molecule has 22 heavy (non-hydrogen) atoms. The van der Waals surface area contributed by atoms with E-state index in [1.54, 1.807) is 36.4 Å². The molecule has 0 atom stereocenters. The predicted molar refractivity (Wildman–Crippen MR) is 83.1 cm³/mol. The molecule has 3 rings (SSSR count). The van der Waals surface area contributed by atoms with Gasteiger partial charge in [0.05, 0.1) is 4.90 Å². The number of hydrogen-bond acceptors (Lipinski definition) is 5. The van der Waals surface area contributed by atoms with E-state index in [1.807, 2.05) is 0 Å². The molecule has 2 aromatic carbocycles. The molecule has 0 radical (unpaired) electrons. The average molecular weight is 317 g/mol. The zero-order valence-electron chi connectivity index (χ0n) is 11.7. The molecule has 1 heterocycles. The van der Waals surface area contributed by atoms with Crippen molar-refractivity contribution >= 4 is 15.4 Å². The number of para-hydroxylation sites is 2. The third-order valence-electron chi connectivity index (χ3n) is 3.48. The van der Waals surface area contributed by atoms with Crippen LogP contribution in [0.1, 0.15) is 11.1 Å². The fourth-order valence-corrected chi connectivity index (χ4v) is 3.81. The molecule has 6 heteroatoms.